The maximum absolute atomic E-state index is 12.4. The van der Waals surface area contributed by atoms with E-state index in [9.17, 15) is 26.4 Å². The zero-order valence-corrected chi connectivity index (χ0v) is 15.3. The molecule has 0 radical (unpaired) electrons. The lowest BCUT2D eigenvalue weighted by Crippen LogP contribution is -2.35. The summed E-state index contributed by atoms with van der Waals surface area (Å²) in [6, 6.07) is 3.55. The molecule has 0 fully saturated rings. The topological polar surface area (TPSA) is 123 Å². The van der Waals surface area contributed by atoms with E-state index in [1.54, 1.807) is 4.72 Å². The van der Waals surface area contributed by atoms with Gasteiger partial charge in [0.2, 0.25) is 5.95 Å². The van der Waals surface area contributed by atoms with Crippen LogP contribution in [0.4, 0.5) is 23.9 Å². The van der Waals surface area contributed by atoms with E-state index in [0.717, 1.165) is 12.1 Å². The molecule has 1 aromatic carbocycles. The molecule has 13 heteroatoms. The highest BCUT2D eigenvalue weighted by atomic mass is 32.2. The minimum Gasteiger partial charge on any atom is -0.467 e. The number of methoxy groups -OCH3 is 1. The number of nitrogens with one attached hydrogen (secondary N) is 2. The van der Waals surface area contributed by atoms with Crippen molar-refractivity contribution in [2.45, 2.75) is 18.0 Å². The van der Waals surface area contributed by atoms with Gasteiger partial charge in [-0.25, -0.2) is 17.9 Å². The van der Waals surface area contributed by atoms with Crippen molar-refractivity contribution in [1.29, 1.82) is 0 Å². The molecule has 2 aromatic rings. The predicted octanol–water partition coefficient (Wildman–Crippen LogP) is 2.27. The Hall–Kier alpha value is -3.22. The SMILES string of the molecule is COc1nc(C)nc(NC(=O)NS(=O)(=O)c2ccccc2/C=C/C(F)(F)F)n1. The van der Waals surface area contributed by atoms with Gasteiger partial charge in [0, 0.05) is 6.08 Å². The van der Waals surface area contributed by atoms with Gasteiger partial charge in [0.1, 0.15) is 5.82 Å². The third-order valence-electron chi connectivity index (χ3n) is 3.02. The standard InChI is InChI=1S/C15H14F3N5O4S/c1-9-19-12(22-14(20-9)27-2)21-13(24)23-28(25,26)11-6-4-3-5-10(11)7-8-15(16,17)18/h3-8H,1-2H3,(H2,19,20,21,22,23,24)/b8-7+. The van der Waals surface area contributed by atoms with Gasteiger partial charge in [-0.15, -0.1) is 0 Å². The lowest BCUT2D eigenvalue weighted by atomic mass is 10.2. The summed E-state index contributed by atoms with van der Waals surface area (Å²) in [6.07, 6.45) is -4.15. The first-order valence-corrected chi connectivity index (χ1v) is 8.94. The molecule has 0 bridgehead atoms. The summed E-state index contributed by atoms with van der Waals surface area (Å²) in [5, 5.41) is 2.09. The Morgan fingerprint density at radius 3 is 2.50 bits per heavy atom. The maximum Gasteiger partial charge on any atom is 0.409 e. The molecule has 2 rings (SSSR count). The molecule has 9 nitrogen and oxygen atoms in total. The fourth-order valence-corrected chi connectivity index (χ4v) is 3.06. The molecule has 0 atom stereocenters. The van der Waals surface area contributed by atoms with E-state index in [0.29, 0.717) is 6.08 Å². The van der Waals surface area contributed by atoms with E-state index in [1.807, 2.05) is 0 Å². The number of benzene rings is 1. The van der Waals surface area contributed by atoms with E-state index in [-0.39, 0.29) is 29.4 Å². The van der Waals surface area contributed by atoms with E-state index in [1.165, 1.54) is 26.2 Å². The number of rotatable bonds is 5. The minimum absolute atomic E-state index is 0.103. The highest BCUT2D eigenvalue weighted by Gasteiger charge is 2.24. The Bertz CT molecular complexity index is 1010. The summed E-state index contributed by atoms with van der Waals surface area (Å²) in [4.78, 5) is 22.8. The van der Waals surface area contributed by atoms with E-state index >= 15 is 0 Å². The van der Waals surface area contributed by atoms with Crippen molar-refractivity contribution in [2.75, 3.05) is 12.4 Å². The van der Waals surface area contributed by atoms with Crippen LogP contribution < -0.4 is 14.8 Å². The van der Waals surface area contributed by atoms with Gasteiger partial charge in [-0.3, -0.25) is 5.32 Å². The molecule has 0 aliphatic heterocycles. The van der Waals surface area contributed by atoms with Gasteiger partial charge < -0.3 is 4.74 Å². The summed E-state index contributed by atoms with van der Waals surface area (Å²) in [6.45, 7) is 1.49. The molecule has 0 saturated heterocycles. The van der Waals surface area contributed by atoms with Crippen molar-refractivity contribution in [1.82, 2.24) is 19.7 Å². The van der Waals surface area contributed by atoms with Crippen LogP contribution in [-0.2, 0) is 10.0 Å². The Kier molecular flexibility index (Phi) is 6.18. The number of hydrogen-bond donors (Lipinski definition) is 2. The Morgan fingerprint density at radius 1 is 1.18 bits per heavy atom. The van der Waals surface area contributed by atoms with Crippen LogP contribution in [0.25, 0.3) is 6.08 Å². The lowest BCUT2D eigenvalue weighted by Gasteiger charge is -2.10. The third-order valence-corrected chi connectivity index (χ3v) is 4.43. The van der Waals surface area contributed by atoms with Crippen molar-refractivity contribution in [3.05, 3.63) is 41.7 Å². The van der Waals surface area contributed by atoms with E-state index < -0.39 is 27.1 Å². The molecule has 150 valence electrons. The zero-order chi connectivity index (χ0) is 20.9. The molecule has 0 aliphatic carbocycles. The van der Waals surface area contributed by atoms with E-state index in [2.05, 4.69) is 20.3 Å². The number of urea groups is 1. The average Bonchev–Trinajstić information content (AvgIpc) is 2.58. The van der Waals surface area contributed by atoms with Crippen molar-refractivity contribution in [3.8, 4) is 6.01 Å². The Morgan fingerprint density at radius 2 is 1.86 bits per heavy atom. The van der Waals surface area contributed by atoms with Crippen LogP contribution in [0.5, 0.6) is 6.01 Å². The van der Waals surface area contributed by atoms with Crippen LogP contribution >= 0.6 is 0 Å². The third kappa shape index (κ3) is 5.90. The number of aromatic nitrogens is 3. The fourth-order valence-electron chi connectivity index (χ4n) is 1.96. The summed E-state index contributed by atoms with van der Waals surface area (Å²) >= 11 is 0. The molecule has 1 aromatic heterocycles. The van der Waals surface area contributed by atoms with Gasteiger partial charge in [0.15, 0.2) is 0 Å². The number of amides is 2. The number of anilines is 1. The van der Waals surface area contributed by atoms with Gasteiger partial charge in [0.25, 0.3) is 10.0 Å². The summed E-state index contributed by atoms with van der Waals surface area (Å²) in [5.41, 5.74) is -0.252. The maximum atomic E-state index is 12.4. The van der Waals surface area contributed by atoms with Crippen molar-refractivity contribution >= 4 is 28.1 Å². The molecular weight excluding hydrogens is 403 g/mol. The first-order valence-electron chi connectivity index (χ1n) is 7.45. The zero-order valence-electron chi connectivity index (χ0n) is 14.5. The molecule has 0 saturated carbocycles. The van der Waals surface area contributed by atoms with Crippen LogP contribution in [0.2, 0.25) is 0 Å². The largest absolute Gasteiger partial charge is 0.467 e. The highest BCUT2D eigenvalue weighted by Crippen LogP contribution is 2.22. The molecule has 2 amide bonds. The molecule has 0 spiro atoms. The number of ether oxygens (including phenoxy) is 1. The highest BCUT2D eigenvalue weighted by molar-refractivity contribution is 7.90. The number of carbonyl (C=O) groups excluding carboxylic acids is 1. The molecule has 1 heterocycles. The van der Waals surface area contributed by atoms with Crippen molar-refractivity contribution in [2.24, 2.45) is 0 Å². The Balaban J connectivity index is 2.23. The number of allylic oxidation sites excluding steroid dienone is 1. The molecular formula is C15H14F3N5O4S. The molecule has 0 unspecified atom stereocenters. The number of aryl methyl sites for hydroxylation is 1. The lowest BCUT2D eigenvalue weighted by molar-refractivity contribution is -0.0790. The van der Waals surface area contributed by atoms with Crippen molar-refractivity contribution < 1.29 is 31.1 Å². The molecule has 2 N–H and O–H groups in total. The average molecular weight is 417 g/mol. The monoisotopic (exact) mass is 417 g/mol. The normalized spacial score (nSPS) is 12.0. The van der Waals surface area contributed by atoms with Gasteiger partial charge in [0.05, 0.1) is 12.0 Å². The van der Waals surface area contributed by atoms with Gasteiger partial charge in [-0.1, -0.05) is 18.2 Å². The summed E-state index contributed by atoms with van der Waals surface area (Å²) < 4.78 is 68.4. The number of nitrogens with zero attached hydrogens (tertiary/aromatic N) is 3. The minimum atomic E-state index is -4.63. The van der Waals surface area contributed by atoms with Crippen LogP contribution in [0.15, 0.2) is 35.2 Å². The number of carbonyl (C=O) groups is 1. The van der Waals surface area contributed by atoms with Crippen LogP contribution in [-0.4, -0.2) is 42.7 Å². The molecule has 28 heavy (non-hydrogen) atoms. The summed E-state index contributed by atoms with van der Waals surface area (Å²) in [5.74, 6) is -0.0741. The van der Waals surface area contributed by atoms with Crippen LogP contribution in [0.1, 0.15) is 11.4 Å². The fraction of sp³-hybridized carbons (Fsp3) is 0.200. The quantitative estimate of drug-likeness (QED) is 0.765. The first-order chi connectivity index (χ1) is 13.0. The van der Waals surface area contributed by atoms with Gasteiger partial charge >= 0.3 is 18.2 Å². The van der Waals surface area contributed by atoms with Gasteiger partial charge in [-0.05, 0) is 24.6 Å². The number of halogens is 3. The predicted molar refractivity (Wildman–Crippen MR) is 92.0 cm³/mol. The van der Waals surface area contributed by atoms with Crippen LogP contribution in [0.3, 0.4) is 0 Å². The molecule has 0 aliphatic rings. The second kappa shape index (κ2) is 8.21. The van der Waals surface area contributed by atoms with Gasteiger partial charge in [-0.2, -0.15) is 28.1 Å². The second-order valence-electron chi connectivity index (χ2n) is 5.17. The first kappa shape index (κ1) is 21.1. The second-order valence-corrected chi connectivity index (χ2v) is 6.82. The van der Waals surface area contributed by atoms with Crippen LogP contribution in [0, 0.1) is 6.92 Å². The van der Waals surface area contributed by atoms with Crippen molar-refractivity contribution in [3.63, 3.8) is 0 Å². The van der Waals surface area contributed by atoms with E-state index in [4.69, 9.17) is 4.74 Å². The number of alkyl halides is 3. The summed E-state index contributed by atoms with van der Waals surface area (Å²) in [7, 11) is -3.20. The Labute approximate surface area is 157 Å². The number of hydrogen-bond acceptors (Lipinski definition) is 7. The smallest absolute Gasteiger partial charge is 0.409 e. The number of sulfonamides is 1.